The molecule has 6 nitrogen and oxygen atoms in total. The van der Waals surface area contributed by atoms with Gasteiger partial charge in [0.25, 0.3) is 0 Å². The Kier molecular flexibility index (Phi) is 5.37. The van der Waals surface area contributed by atoms with Crippen molar-refractivity contribution in [3.63, 3.8) is 0 Å². The summed E-state index contributed by atoms with van der Waals surface area (Å²) in [6.07, 6.45) is 1.60. The molecule has 1 aromatic carbocycles. The van der Waals surface area contributed by atoms with Crippen LogP contribution in [0.1, 0.15) is 12.5 Å². The lowest BCUT2D eigenvalue weighted by Crippen LogP contribution is -2.12. The first kappa shape index (κ1) is 14.3. The number of hydrogen-bond acceptors (Lipinski definition) is 5. The molecule has 0 saturated heterocycles. The van der Waals surface area contributed by atoms with E-state index >= 15 is 0 Å². The first-order chi connectivity index (χ1) is 9.78. The largest absolute Gasteiger partial charge is 0.490 e. The van der Waals surface area contributed by atoms with Gasteiger partial charge in [0.2, 0.25) is 0 Å². The number of hydrogen-bond donors (Lipinski definition) is 1. The van der Waals surface area contributed by atoms with Crippen LogP contribution < -0.4 is 14.8 Å². The minimum atomic E-state index is 0.372. The fraction of sp³-hybridized carbons (Fsp3) is 0.429. The van der Waals surface area contributed by atoms with Crippen molar-refractivity contribution in [1.29, 1.82) is 0 Å². The first-order valence-electron chi connectivity index (χ1n) is 6.69. The van der Waals surface area contributed by atoms with Gasteiger partial charge in [-0.15, -0.1) is 5.10 Å². The van der Waals surface area contributed by atoms with E-state index in [1.165, 1.54) is 5.56 Å². The van der Waals surface area contributed by atoms with Crippen LogP contribution in [0.4, 0.5) is 0 Å². The molecule has 6 heteroatoms. The van der Waals surface area contributed by atoms with E-state index in [1.807, 2.05) is 18.2 Å². The number of rotatable bonds is 8. The molecule has 0 bridgehead atoms. The smallest absolute Gasteiger partial charge is 0.335 e. The van der Waals surface area contributed by atoms with E-state index in [1.54, 1.807) is 18.1 Å². The molecule has 2 rings (SSSR count). The number of aryl methyl sites for hydroxylation is 1. The first-order valence-corrected chi connectivity index (χ1v) is 6.69. The summed E-state index contributed by atoms with van der Waals surface area (Å²) in [6.45, 7) is 4.77. The number of nitrogens with zero attached hydrogens (tertiary/aromatic N) is 3. The van der Waals surface area contributed by atoms with Crippen molar-refractivity contribution in [3.05, 3.63) is 36.2 Å². The van der Waals surface area contributed by atoms with Gasteiger partial charge in [0.15, 0.2) is 0 Å². The van der Waals surface area contributed by atoms with E-state index in [9.17, 15) is 0 Å². The maximum absolute atomic E-state index is 5.64. The van der Waals surface area contributed by atoms with Crippen molar-refractivity contribution in [2.24, 2.45) is 7.05 Å². The summed E-state index contributed by atoms with van der Waals surface area (Å²) >= 11 is 0. The van der Waals surface area contributed by atoms with Gasteiger partial charge in [0, 0.05) is 13.6 Å². The predicted octanol–water partition coefficient (Wildman–Crippen LogP) is 1.38. The average molecular weight is 276 g/mol. The molecule has 1 heterocycles. The van der Waals surface area contributed by atoms with E-state index in [0.29, 0.717) is 19.2 Å². The van der Waals surface area contributed by atoms with Gasteiger partial charge < -0.3 is 14.8 Å². The second kappa shape index (κ2) is 7.49. The van der Waals surface area contributed by atoms with Crippen LogP contribution in [-0.4, -0.2) is 34.5 Å². The van der Waals surface area contributed by atoms with Crippen molar-refractivity contribution in [2.45, 2.75) is 13.5 Å². The highest BCUT2D eigenvalue weighted by Crippen LogP contribution is 2.13. The fourth-order valence-electron chi connectivity index (χ4n) is 1.69. The number of ether oxygens (including phenoxy) is 2. The minimum Gasteiger partial charge on any atom is -0.490 e. The van der Waals surface area contributed by atoms with E-state index in [2.05, 4.69) is 28.4 Å². The molecule has 0 amide bonds. The van der Waals surface area contributed by atoms with Crippen LogP contribution in [0.25, 0.3) is 0 Å². The minimum absolute atomic E-state index is 0.372. The van der Waals surface area contributed by atoms with Crippen molar-refractivity contribution in [3.8, 4) is 11.8 Å². The molecule has 1 N–H and O–H groups in total. The van der Waals surface area contributed by atoms with E-state index in [4.69, 9.17) is 9.47 Å². The molecule has 0 saturated carbocycles. The predicted molar refractivity (Wildman–Crippen MR) is 75.8 cm³/mol. The Bertz CT molecular complexity index is 527. The second-order valence-electron chi connectivity index (χ2n) is 4.33. The topological polar surface area (TPSA) is 61.2 Å². The van der Waals surface area contributed by atoms with Crippen LogP contribution in [0.3, 0.4) is 0 Å². The Morgan fingerprint density at radius 2 is 2.10 bits per heavy atom. The Balaban J connectivity index is 1.73. The van der Waals surface area contributed by atoms with Crippen LogP contribution >= 0.6 is 0 Å². The highest BCUT2D eigenvalue weighted by atomic mass is 16.5. The highest BCUT2D eigenvalue weighted by Gasteiger charge is 2.00. The molecule has 0 unspecified atom stereocenters. The maximum Gasteiger partial charge on any atom is 0.335 e. The number of benzene rings is 1. The lowest BCUT2D eigenvalue weighted by molar-refractivity contribution is 0.206. The zero-order valence-corrected chi connectivity index (χ0v) is 11.9. The van der Waals surface area contributed by atoms with Gasteiger partial charge in [-0.25, -0.2) is 0 Å². The Morgan fingerprint density at radius 3 is 2.85 bits per heavy atom. The van der Waals surface area contributed by atoms with Gasteiger partial charge in [-0.2, -0.15) is 4.98 Å². The monoisotopic (exact) mass is 276 g/mol. The van der Waals surface area contributed by atoms with Gasteiger partial charge in [0.1, 0.15) is 25.3 Å². The molecule has 1 aromatic heterocycles. The third-order valence-electron chi connectivity index (χ3n) is 2.64. The van der Waals surface area contributed by atoms with Crippen LogP contribution in [0.15, 0.2) is 30.6 Å². The van der Waals surface area contributed by atoms with Gasteiger partial charge >= 0.3 is 6.01 Å². The molecule has 108 valence electrons. The molecule has 0 atom stereocenters. The third-order valence-corrected chi connectivity index (χ3v) is 2.64. The lowest BCUT2D eigenvalue weighted by atomic mass is 10.2. The summed E-state index contributed by atoms with van der Waals surface area (Å²) < 4.78 is 12.6. The summed E-state index contributed by atoms with van der Waals surface area (Å²) in [5, 5.41) is 7.31. The summed E-state index contributed by atoms with van der Waals surface area (Å²) in [6, 6.07) is 8.40. The van der Waals surface area contributed by atoms with Crippen LogP contribution in [-0.2, 0) is 13.6 Å². The molecule has 0 radical (unpaired) electrons. The molecule has 0 aliphatic rings. The zero-order valence-electron chi connectivity index (χ0n) is 11.9. The summed E-state index contributed by atoms with van der Waals surface area (Å²) in [5.74, 6) is 0.845. The molecule has 0 fully saturated rings. The summed E-state index contributed by atoms with van der Waals surface area (Å²) in [5.41, 5.74) is 1.21. The molecule has 0 aliphatic carbocycles. The maximum atomic E-state index is 5.64. The van der Waals surface area contributed by atoms with Gasteiger partial charge in [-0.05, 0) is 24.2 Å². The zero-order chi connectivity index (χ0) is 14.2. The van der Waals surface area contributed by atoms with Crippen molar-refractivity contribution in [2.75, 3.05) is 19.8 Å². The summed E-state index contributed by atoms with van der Waals surface area (Å²) in [4.78, 5) is 3.97. The quantitative estimate of drug-likeness (QED) is 0.738. The van der Waals surface area contributed by atoms with Crippen molar-refractivity contribution in [1.82, 2.24) is 20.1 Å². The molecule has 0 spiro atoms. The Hall–Kier alpha value is -2.08. The molecule has 0 aliphatic heterocycles. The van der Waals surface area contributed by atoms with Crippen molar-refractivity contribution < 1.29 is 9.47 Å². The molecule has 2 aromatic rings. The SMILES string of the molecule is CCNCc1cccc(OCCOc2ncn(C)n2)c1. The van der Waals surface area contributed by atoms with Crippen LogP contribution in [0.2, 0.25) is 0 Å². The van der Waals surface area contributed by atoms with Gasteiger partial charge in [0.05, 0.1) is 0 Å². The van der Waals surface area contributed by atoms with Crippen LogP contribution in [0.5, 0.6) is 11.8 Å². The third kappa shape index (κ3) is 4.55. The number of aromatic nitrogens is 3. The second-order valence-corrected chi connectivity index (χ2v) is 4.33. The normalized spacial score (nSPS) is 10.5. The van der Waals surface area contributed by atoms with E-state index in [-0.39, 0.29) is 0 Å². The van der Waals surface area contributed by atoms with Crippen molar-refractivity contribution >= 4 is 0 Å². The van der Waals surface area contributed by atoms with E-state index < -0.39 is 0 Å². The van der Waals surface area contributed by atoms with Gasteiger partial charge in [-0.1, -0.05) is 19.1 Å². The standard InChI is InChI=1S/C14H20N4O2/c1-3-15-10-12-5-4-6-13(9-12)19-7-8-20-14-16-11-18(2)17-14/h4-6,9,11,15H,3,7-8,10H2,1-2H3. The lowest BCUT2D eigenvalue weighted by Gasteiger charge is -2.08. The highest BCUT2D eigenvalue weighted by molar-refractivity contribution is 5.28. The summed E-state index contributed by atoms with van der Waals surface area (Å²) in [7, 11) is 1.80. The fourth-order valence-corrected chi connectivity index (χ4v) is 1.69. The Morgan fingerprint density at radius 1 is 1.25 bits per heavy atom. The van der Waals surface area contributed by atoms with E-state index in [0.717, 1.165) is 18.8 Å². The number of nitrogens with one attached hydrogen (secondary N) is 1. The van der Waals surface area contributed by atoms with Gasteiger partial charge in [-0.3, -0.25) is 4.68 Å². The average Bonchev–Trinajstić information content (AvgIpc) is 2.87. The van der Waals surface area contributed by atoms with Crippen LogP contribution in [0, 0.1) is 0 Å². The molecular formula is C14H20N4O2. The Labute approximate surface area is 118 Å². The molecular weight excluding hydrogens is 256 g/mol. The molecule has 20 heavy (non-hydrogen) atoms.